The summed E-state index contributed by atoms with van der Waals surface area (Å²) in [5, 5.41) is 1.44. The number of rotatable bonds is 2. The molecule has 3 nitrogen and oxygen atoms in total. The van der Waals surface area contributed by atoms with Crippen LogP contribution in [0.3, 0.4) is 0 Å². The van der Waals surface area contributed by atoms with Crippen LogP contribution in [0.1, 0.15) is 10.6 Å². The van der Waals surface area contributed by atoms with Gasteiger partial charge in [-0.2, -0.15) is 0 Å². The predicted octanol–water partition coefficient (Wildman–Crippen LogP) is 2.58. The normalized spacial score (nSPS) is 10.4. The van der Waals surface area contributed by atoms with Crippen LogP contribution >= 0.6 is 15.9 Å². The molecule has 0 aliphatic rings. The second kappa shape index (κ2) is 3.38. The summed E-state index contributed by atoms with van der Waals surface area (Å²) in [4.78, 5) is 21.5. The van der Waals surface area contributed by atoms with Crippen molar-refractivity contribution >= 4 is 38.8 Å². The Labute approximate surface area is 87.8 Å². The summed E-state index contributed by atoms with van der Waals surface area (Å²) in [7, 11) is 0. The van der Waals surface area contributed by atoms with E-state index >= 15 is 0 Å². The molecule has 0 bridgehead atoms. The van der Waals surface area contributed by atoms with Crippen LogP contribution in [-0.2, 0) is 4.79 Å². The number of hydrogen-bond donors (Lipinski definition) is 0. The summed E-state index contributed by atoms with van der Waals surface area (Å²) in [6.45, 7) is 0. The Kier molecular flexibility index (Phi) is 2.21. The Bertz CT molecular complexity index is 513. The highest BCUT2D eigenvalue weighted by molar-refractivity contribution is 9.10. The Morgan fingerprint density at radius 3 is 2.57 bits per heavy atom. The molecular weight excluding hydrogens is 248 g/mol. The van der Waals surface area contributed by atoms with Crippen molar-refractivity contribution in [2.45, 2.75) is 0 Å². The van der Waals surface area contributed by atoms with E-state index in [1.54, 1.807) is 12.1 Å². The summed E-state index contributed by atoms with van der Waals surface area (Å²) in [5.41, 5.74) is 0. The first kappa shape index (κ1) is 9.15. The molecule has 0 radical (unpaired) electrons. The number of ketones is 1. The minimum atomic E-state index is -0.646. The highest BCUT2D eigenvalue weighted by Gasteiger charge is 2.16. The minimum Gasteiger partial charge on any atom is -0.444 e. The number of Topliss-reactive ketones (excluding diaryl/α,β-unsaturated/α-hetero) is 1. The van der Waals surface area contributed by atoms with Crippen molar-refractivity contribution in [1.29, 1.82) is 0 Å². The maximum atomic E-state index is 11.2. The van der Waals surface area contributed by atoms with Gasteiger partial charge in [-0.1, -0.05) is 18.2 Å². The first-order chi connectivity index (χ1) is 6.74. The third kappa shape index (κ3) is 1.28. The van der Waals surface area contributed by atoms with Gasteiger partial charge in [0.15, 0.2) is 16.7 Å². The van der Waals surface area contributed by atoms with Gasteiger partial charge in [-0.25, -0.2) is 0 Å². The fraction of sp³-hybridized carbons (Fsp3) is 0. The number of halogens is 1. The lowest BCUT2D eigenvalue weighted by atomic mass is 10.1. The number of carbonyl (C=O) groups is 2. The molecule has 0 saturated carbocycles. The molecule has 0 unspecified atom stereocenters. The molecule has 1 heterocycles. The van der Waals surface area contributed by atoms with E-state index in [4.69, 9.17) is 4.42 Å². The van der Waals surface area contributed by atoms with Gasteiger partial charge in [-0.05, 0) is 22.0 Å². The number of fused-ring (bicyclic) bond motifs is 1. The Balaban J connectivity index is 2.78. The lowest BCUT2D eigenvalue weighted by Crippen LogP contribution is -1.97. The summed E-state index contributed by atoms with van der Waals surface area (Å²) in [6, 6.07) is 7.16. The van der Waals surface area contributed by atoms with Crippen molar-refractivity contribution < 1.29 is 14.0 Å². The van der Waals surface area contributed by atoms with E-state index in [2.05, 4.69) is 15.9 Å². The van der Waals surface area contributed by atoms with E-state index in [1.165, 1.54) is 0 Å². The molecule has 0 atom stereocenters. The molecule has 2 rings (SSSR count). The number of carbonyl (C=O) groups excluding carboxylic acids is 2. The first-order valence-corrected chi connectivity index (χ1v) is 4.70. The third-order valence-electron chi connectivity index (χ3n) is 1.91. The molecule has 0 aliphatic carbocycles. The molecule has 2 aromatic rings. The van der Waals surface area contributed by atoms with Gasteiger partial charge in [0.25, 0.3) is 5.78 Å². The third-order valence-corrected chi connectivity index (χ3v) is 2.49. The van der Waals surface area contributed by atoms with Gasteiger partial charge >= 0.3 is 0 Å². The maximum absolute atomic E-state index is 11.2. The number of hydrogen-bond acceptors (Lipinski definition) is 3. The van der Waals surface area contributed by atoms with E-state index in [0.29, 0.717) is 10.1 Å². The fourth-order valence-corrected chi connectivity index (χ4v) is 1.80. The predicted molar refractivity (Wildman–Crippen MR) is 54.3 cm³/mol. The highest BCUT2D eigenvalue weighted by atomic mass is 79.9. The summed E-state index contributed by atoms with van der Waals surface area (Å²) < 4.78 is 5.62. The lowest BCUT2D eigenvalue weighted by molar-refractivity contribution is -0.104. The molecule has 0 spiro atoms. The average molecular weight is 253 g/mol. The second-order valence-electron chi connectivity index (χ2n) is 2.73. The van der Waals surface area contributed by atoms with Gasteiger partial charge in [0, 0.05) is 10.8 Å². The fourth-order valence-electron chi connectivity index (χ4n) is 1.29. The van der Waals surface area contributed by atoms with E-state index < -0.39 is 5.78 Å². The molecule has 14 heavy (non-hydrogen) atoms. The molecule has 0 fully saturated rings. The van der Waals surface area contributed by atoms with Crippen LogP contribution in [0.5, 0.6) is 0 Å². The summed E-state index contributed by atoms with van der Waals surface area (Å²) in [5.74, 6) is -0.561. The Morgan fingerprint density at radius 2 is 1.93 bits per heavy atom. The van der Waals surface area contributed by atoms with Crippen LogP contribution in [0.2, 0.25) is 0 Å². The highest BCUT2D eigenvalue weighted by Crippen LogP contribution is 2.29. The zero-order valence-electron chi connectivity index (χ0n) is 6.99. The topological polar surface area (TPSA) is 47.3 Å². The van der Waals surface area contributed by atoms with Gasteiger partial charge in [0.05, 0.1) is 0 Å². The first-order valence-electron chi connectivity index (χ1n) is 3.90. The molecule has 1 aromatic carbocycles. The molecule has 70 valence electrons. The zero-order chi connectivity index (χ0) is 10.1. The molecule has 4 heteroatoms. The molecule has 0 saturated heterocycles. The lowest BCUT2D eigenvalue weighted by Gasteiger charge is -1.87. The average Bonchev–Trinajstić information content (AvgIpc) is 2.56. The number of furan rings is 1. The summed E-state index contributed by atoms with van der Waals surface area (Å²) >= 11 is 3.18. The molecule has 0 amide bonds. The van der Waals surface area contributed by atoms with Gasteiger partial charge in [0.1, 0.15) is 0 Å². The van der Waals surface area contributed by atoms with E-state index in [9.17, 15) is 9.59 Å². The number of aldehydes is 1. The van der Waals surface area contributed by atoms with Crippen LogP contribution < -0.4 is 0 Å². The van der Waals surface area contributed by atoms with E-state index in [0.717, 1.165) is 5.39 Å². The number of benzene rings is 1. The Hall–Kier alpha value is -1.42. The van der Waals surface area contributed by atoms with Crippen molar-refractivity contribution in [3.05, 3.63) is 34.7 Å². The van der Waals surface area contributed by atoms with Crippen molar-refractivity contribution in [2.24, 2.45) is 0 Å². The molecule has 1 aromatic heterocycles. The SMILES string of the molecule is O=CC(=O)c1oc(Br)c2ccccc12. The van der Waals surface area contributed by atoms with Crippen LogP contribution in [0, 0.1) is 0 Å². The van der Waals surface area contributed by atoms with Gasteiger partial charge in [0.2, 0.25) is 0 Å². The molecule has 0 N–H and O–H groups in total. The van der Waals surface area contributed by atoms with Crippen molar-refractivity contribution in [2.75, 3.05) is 0 Å². The van der Waals surface area contributed by atoms with Gasteiger partial charge < -0.3 is 4.42 Å². The van der Waals surface area contributed by atoms with Crippen molar-refractivity contribution in [3.8, 4) is 0 Å². The largest absolute Gasteiger partial charge is 0.444 e. The Morgan fingerprint density at radius 1 is 1.29 bits per heavy atom. The van der Waals surface area contributed by atoms with Crippen LogP contribution in [0.15, 0.2) is 33.4 Å². The van der Waals surface area contributed by atoms with Crippen molar-refractivity contribution in [1.82, 2.24) is 0 Å². The van der Waals surface area contributed by atoms with Crippen molar-refractivity contribution in [3.63, 3.8) is 0 Å². The zero-order valence-corrected chi connectivity index (χ0v) is 8.58. The standard InChI is InChI=1S/C10H5BrO3/c11-10-7-4-2-1-3-6(7)9(14-10)8(13)5-12/h1-5H. The molecule has 0 aliphatic heterocycles. The van der Waals surface area contributed by atoms with E-state index in [1.807, 2.05) is 12.1 Å². The second-order valence-corrected chi connectivity index (χ2v) is 3.45. The summed E-state index contributed by atoms with van der Waals surface area (Å²) in [6.07, 6.45) is 0.248. The monoisotopic (exact) mass is 252 g/mol. The maximum Gasteiger partial charge on any atom is 0.261 e. The van der Waals surface area contributed by atoms with Crippen LogP contribution in [0.4, 0.5) is 0 Å². The van der Waals surface area contributed by atoms with Crippen LogP contribution in [-0.4, -0.2) is 12.1 Å². The minimum absolute atomic E-state index is 0.0856. The van der Waals surface area contributed by atoms with E-state index in [-0.39, 0.29) is 12.0 Å². The smallest absolute Gasteiger partial charge is 0.261 e. The van der Waals surface area contributed by atoms with Gasteiger partial charge in [-0.15, -0.1) is 0 Å². The van der Waals surface area contributed by atoms with Gasteiger partial charge in [-0.3, -0.25) is 9.59 Å². The molecular formula is C10H5BrO3. The van der Waals surface area contributed by atoms with Crippen LogP contribution in [0.25, 0.3) is 10.8 Å². The quantitative estimate of drug-likeness (QED) is 0.469.